The average molecular weight is 817 g/mol. The van der Waals surface area contributed by atoms with Crippen molar-refractivity contribution in [3.8, 4) is 33.4 Å². The summed E-state index contributed by atoms with van der Waals surface area (Å²) < 4.78 is 6.49. The number of furan rings is 1. The summed E-state index contributed by atoms with van der Waals surface area (Å²) in [5, 5.41) is 2.24. The zero-order chi connectivity index (χ0) is 42.2. The van der Waals surface area contributed by atoms with Crippen molar-refractivity contribution in [3.63, 3.8) is 0 Å². The van der Waals surface area contributed by atoms with Crippen molar-refractivity contribution in [2.24, 2.45) is 0 Å². The van der Waals surface area contributed by atoms with Gasteiger partial charge in [-0.1, -0.05) is 158 Å². The Balaban J connectivity index is 1.10. The summed E-state index contributed by atoms with van der Waals surface area (Å²) in [6.07, 6.45) is 0. The smallest absolute Gasteiger partial charge is 0.137 e. The minimum absolute atomic E-state index is 0.609. The molecule has 0 saturated heterocycles. The second-order valence-corrected chi connectivity index (χ2v) is 16.8. The summed E-state index contributed by atoms with van der Waals surface area (Å²) in [5.41, 5.74) is 20.2. The maximum atomic E-state index is 6.49. The lowest BCUT2D eigenvalue weighted by Crippen LogP contribution is -2.26. The van der Waals surface area contributed by atoms with Crippen LogP contribution in [0.3, 0.4) is 0 Å². The Morgan fingerprint density at radius 1 is 0.281 bits per heavy atom. The van der Waals surface area contributed by atoms with Gasteiger partial charge in [-0.25, -0.2) is 0 Å². The second kappa shape index (κ2) is 14.3. The van der Waals surface area contributed by atoms with Crippen LogP contribution >= 0.6 is 0 Å². The third kappa shape index (κ3) is 5.34. The number of hydrogen-bond acceptors (Lipinski definition) is 3. The van der Waals surface area contributed by atoms with E-state index in [9.17, 15) is 0 Å². The van der Waals surface area contributed by atoms with Gasteiger partial charge in [-0.2, -0.15) is 0 Å². The molecule has 13 rings (SSSR count). The molecule has 1 heterocycles. The van der Waals surface area contributed by atoms with Crippen LogP contribution in [-0.4, -0.2) is 0 Å². The van der Waals surface area contributed by atoms with Crippen LogP contribution in [0.1, 0.15) is 22.3 Å². The number of hydrogen-bond donors (Lipinski definition) is 0. The predicted molar refractivity (Wildman–Crippen MR) is 265 cm³/mol. The Kier molecular flexibility index (Phi) is 8.13. The fourth-order valence-corrected chi connectivity index (χ4v) is 10.8. The first kappa shape index (κ1) is 36.3. The van der Waals surface area contributed by atoms with E-state index < -0.39 is 5.41 Å². The monoisotopic (exact) mass is 816 g/mol. The van der Waals surface area contributed by atoms with E-state index in [1.807, 2.05) is 12.1 Å². The van der Waals surface area contributed by atoms with Crippen molar-refractivity contribution in [1.82, 2.24) is 0 Å². The van der Waals surface area contributed by atoms with Gasteiger partial charge in [0.2, 0.25) is 0 Å². The molecule has 1 spiro atoms. The van der Waals surface area contributed by atoms with Gasteiger partial charge in [0.05, 0.1) is 11.1 Å². The first-order valence-electron chi connectivity index (χ1n) is 22.0. The Hall–Kier alpha value is -8.40. The van der Waals surface area contributed by atoms with E-state index in [1.165, 1.54) is 55.6 Å². The fourth-order valence-electron chi connectivity index (χ4n) is 10.8. The number of rotatable bonds is 7. The first-order chi connectivity index (χ1) is 31.8. The highest BCUT2D eigenvalue weighted by Crippen LogP contribution is 2.65. The van der Waals surface area contributed by atoms with E-state index in [1.54, 1.807) is 0 Å². The number of anilines is 6. The van der Waals surface area contributed by atoms with Gasteiger partial charge in [-0.05, 0) is 129 Å². The molecule has 2 aliphatic rings. The summed E-state index contributed by atoms with van der Waals surface area (Å²) in [7, 11) is 0. The van der Waals surface area contributed by atoms with Crippen LogP contribution in [0.5, 0.6) is 0 Å². The molecule has 3 heteroatoms. The lowest BCUT2D eigenvalue weighted by molar-refractivity contribution is 0.669. The molecule has 1 aromatic heterocycles. The number of nitrogens with zero attached hydrogens (tertiary/aromatic N) is 2. The van der Waals surface area contributed by atoms with Gasteiger partial charge in [0, 0.05) is 50.8 Å². The topological polar surface area (TPSA) is 19.6 Å². The molecule has 300 valence electrons. The van der Waals surface area contributed by atoms with Crippen LogP contribution in [0.4, 0.5) is 34.1 Å². The molecule has 0 aliphatic heterocycles. The Morgan fingerprint density at radius 3 is 1.44 bits per heavy atom. The molecule has 1 unspecified atom stereocenters. The lowest BCUT2D eigenvalue weighted by atomic mass is 9.70. The zero-order valence-corrected chi connectivity index (χ0v) is 34.9. The van der Waals surface area contributed by atoms with Crippen LogP contribution < -0.4 is 9.80 Å². The van der Waals surface area contributed by atoms with Crippen LogP contribution in [0.15, 0.2) is 247 Å². The molecule has 2 aliphatic carbocycles. The molecule has 0 radical (unpaired) electrons. The van der Waals surface area contributed by atoms with E-state index >= 15 is 0 Å². The molecule has 10 aromatic carbocycles. The van der Waals surface area contributed by atoms with Crippen molar-refractivity contribution in [3.05, 3.63) is 265 Å². The molecule has 0 N–H and O–H groups in total. The van der Waals surface area contributed by atoms with E-state index in [0.717, 1.165) is 56.1 Å². The molecule has 0 bridgehead atoms. The molecule has 0 saturated carbocycles. The number of fused-ring (bicyclic) bond motifs is 13. The molecule has 64 heavy (non-hydrogen) atoms. The van der Waals surface area contributed by atoms with E-state index in [2.05, 4.69) is 240 Å². The standard InChI is InChI=1S/C61H40N2O/c1-5-19-41(20-6-1)52-39-53-48-28-14-17-31-55(48)61(57(53)40-58(52)63(43-23-9-3-10-24-43)44-25-11-4-12-26-44)54-30-16-13-27-47(54)49-35-33-45(37-56(49)61)62(42-21-7-2-8-22-42)46-34-36-51-50-29-15-18-32-59(50)64-60(51)38-46/h1-40H. The van der Waals surface area contributed by atoms with Gasteiger partial charge in [-0.15, -0.1) is 0 Å². The second-order valence-electron chi connectivity index (χ2n) is 16.8. The normalized spacial score (nSPS) is 14.3. The highest BCUT2D eigenvalue weighted by molar-refractivity contribution is 6.06. The first-order valence-corrected chi connectivity index (χ1v) is 22.0. The Morgan fingerprint density at radius 2 is 0.766 bits per heavy atom. The van der Waals surface area contributed by atoms with Crippen molar-refractivity contribution in [1.29, 1.82) is 0 Å². The molecular formula is C61H40N2O. The highest BCUT2D eigenvalue weighted by Gasteiger charge is 2.52. The van der Waals surface area contributed by atoms with Gasteiger partial charge < -0.3 is 14.2 Å². The van der Waals surface area contributed by atoms with Crippen molar-refractivity contribution in [2.75, 3.05) is 9.80 Å². The summed E-state index contributed by atoms with van der Waals surface area (Å²) in [4.78, 5) is 4.81. The molecule has 0 fully saturated rings. The summed E-state index contributed by atoms with van der Waals surface area (Å²) >= 11 is 0. The SMILES string of the molecule is c1ccc(-c2cc3c(cc2N(c2ccccc2)c2ccccc2)C2(c4ccccc4-c4ccc(N(c5ccccc5)c5ccc6c(c5)oc5ccccc56)cc42)c2ccccc2-3)cc1. The summed E-state index contributed by atoms with van der Waals surface area (Å²) in [6, 6.07) is 88.4. The van der Waals surface area contributed by atoms with Crippen LogP contribution in [0.2, 0.25) is 0 Å². The maximum absolute atomic E-state index is 6.49. The third-order valence-corrected chi connectivity index (χ3v) is 13.4. The molecule has 11 aromatic rings. The Bertz CT molecular complexity index is 3520. The zero-order valence-electron chi connectivity index (χ0n) is 34.9. The maximum Gasteiger partial charge on any atom is 0.137 e. The molecule has 0 amide bonds. The third-order valence-electron chi connectivity index (χ3n) is 13.4. The lowest BCUT2D eigenvalue weighted by Gasteiger charge is -2.34. The van der Waals surface area contributed by atoms with E-state index in [0.29, 0.717) is 0 Å². The van der Waals surface area contributed by atoms with Crippen LogP contribution in [0.25, 0.3) is 55.3 Å². The minimum Gasteiger partial charge on any atom is -0.456 e. The van der Waals surface area contributed by atoms with Gasteiger partial charge in [-0.3, -0.25) is 0 Å². The van der Waals surface area contributed by atoms with E-state index in [-0.39, 0.29) is 0 Å². The largest absolute Gasteiger partial charge is 0.456 e. The van der Waals surface area contributed by atoms with Crippen molar-refractivity contribution in [2.45, 2.75) is 5.41 Å². The highest BCUT2D eigenvalue weighted by atomic mass is 16.3. The molecule has 3 nitrogen and oxygen atoms in total. The fraction of sp³-hybridized carbons (Fsp3) is 0.0164. The van der Waals surface area contributed by atoms with Crippen LogP contribution in [-0.2, 0) is 5.41 Å². The summed E-state index contributed by atoms with van der Waals surface area (Å²) in [6.45, 7) is 0. The van der Waals surface area contributed by atoms with Crippen molar-refractivity contribution < 1.29 is 4.42 Å². The van der Waals surface area contributed by atoms with Gasteiger partial charge in [0.1, 0.15) is 11.2 Å². The minimum atomic E-state index is -0.609. The number of para-hydroxylation sites is 4. The molecule has 1 atom stereocenters. The Labute approximate surface area is 372 Å². The van der Waals surface area contributed by atoms with Crippen LogP contribution in [0, 0.1) is 0 Å². The van der Waals surface area contributed by atoms with Gasteiger partial charge in [0.15, 0.2) is 0 Å². The quantitative estimate of drug-likeness (QED) is 0.160. The average Bonchev–Trinajstić information content (AvgIpc) is 3.98. The number of benzene rings is 10. The predicted octanol–water partition coefficient (Wildman–Crippen LogP) is 16.5. The van der Waals surface area contributed by atoms with Gasteiger partial charge >= 0.3 is 0 Å². The summed E-state index contributed by atoms with van der Waals surface area (Å²) in [5.74, 6) is 0. The molecular weight excluding hydrogens is 777 g/mol. The van der Waals surface area contributed by atoms with Gasteiger partial charge in [0.25, 0.3) is 0 Å². The van der Waals surface area contributed by atoms with E-state index in [4.69, 9.17) is 4.42 Å². The van der Waals surface area contributed by atoms with Crippen molar-refractivity contribution >= 4 is 56.1 Å².